The Bertz CT molecular complexity index is 5830. The number of nitrogens with one attached hydrogen (secondary N) is 4. The summed E-state index contributed by atoms with van der Waals surface area (Å²) in [5, 5.41) is 17.7. The summed E-state index contributed by atoms with van der Waals surface area (Å²) >= 11 is 0. The lowest BCUT2D eigenvalue weighted by Gasteiger charge is -2.19. The van der Waals surface area contributed by atoms with E-state index in [2.05, 4.69) is 168 Å². The van der Waals surface area contributed by atoms with Crippen molar-refractivity contribution in [3.63, 3.8) is 0 Å². The highest BCUT2D eigenvalue weighted by Gasteiger charge is 2.20. The van der Waals surface area contributed by atoms with Crippen molar-refractivity contribution in [1.82, 2.24) is 78.1 Å². The number of carbonyl (C=O) groups excluding carboxylic acids is 3. The minimum absolute atomic E-state index is 0.108. The molecule has 112 heavy (non-hydrogen) atoms. The molecular weight excluding hydrogens is 1440 g/mol. The second kappa shape index (κ2) is 36.4. The first-order valence-electron chi connectivity index (χ1n) is 35.2. The van der Waals surface area contributed by atoms with Crippen molar-refractivity contribution in [3.05, 3.63) is 207 Å². The highest BCUT2D eigenvalue weighted by Crippen LogP contribution is 2.39. The third-order valence-corrected chi connectivity index (χ3v) is 17.4. The van der Waals surface area contributed by atoms with E-state index in [9.17, 15) is 22.8 Å². The Morgan fingerprint density at radius 2 is 0.973 bits per heavy atom. The number of benzene rings is 5. The van der Waals surface area contributed by atoms with Crippen molar-refractivity contribution in [1.29, 1.82) is 0 Å². The van der Waals surface area contributed by atoms with Gasteiger partial charge in [-0.15, -0.1) is 0 Å². The van der Waals surface area contributed by atoms with Gasteiger partial charge in [0, 0.05) is 66.5 Å². The van der Waals surface area contributed by atoms with Crippen LogP contribution in [0.4, 0.5) is 28.6 Å². The normalized spacial score (nSPS) is 11.0. The molecule has 5 N–H and O–H groups in total. The molecule has 30 nitrogen and oxygen atoms in total. The third-order valence-electron chi connectivity index (χ3n) is 16.5. The molecule has 0 saturated heterocycles. The zero-order valence-electron chi connectivity index (χ0n) is 64.0. The molecule has 0 radical (unpaired) electrons. The first-order valence-corrected chi connectivity index (χ1v) is 36.7. The Kier molecular flexibility index (Phi) is 26.3. The number of amides is 3. The van der Waals surface area contributed by atoms with Crippen molar-refractivity contribution >= 4 is 100 Å². The van der Waals surface area contributed by atoms with E-state index >= 15 is 0 Å². The molecule has 8 aromatic heterocycles. The van der Waals surface area contributed by atoms with E-state index in [0.29, 0.717) is 69.7 Å². The maximum atomic E-state index is 11.7. The fraction of sp³-hybridized carbons (Fsp3) is 0.247. The second-order valence-electron chi connectivity index (χ2n) is 27.2. The SMILES string of the molecule is C=CC(=O)Nc1ccc2ncn(-c3cc(Cc4cc(OC)c(OC)c(OC)c4)ncn3)c2c1.C=CS(=O)(=O)Nc1ccc2ncn(-c3cc(N(CC)CC)ncn3)c2c1.CC#CC(=O)Nc1ccc2ncn(-c3cncc(CC(C)(C)C)n3)c2c1.CC(C)(C)Cc1cncc(-n2cnc3ccc(NC(=O)C#CCO)cc32)n1. The lowest BCUT2D eigenvalue weighted by Crippen LogP contribution is -2.23. The predicted octanol–water partition coefficient (Wildman–Crippen LogP) is 11.8. The third kappa shape index (κ3) is 21.1. The Labute approximate surface area is 647 Å². The van der Waals surface area contributed by atoms with Crippen LogP contribution in [0.5, 0.6) is 17.2 Å². The van der Waals surface area contributed by atoms with E-state index in [1.807, 2.05) is 68.3 Å². The number of methoxy groups -OCH3 is 3. The molecule has 0 saturated carbocycles. The number of sulfonamides is 1. The van der Waals surface area contributed by atoms with Crippen molar-refractivity contribution in [3.8, 4) is 64.2 Å². The molecule has 13 rings (SSSR count). The molecule has 0 spiro atoms. The quantitative estimate of drug-likeness (QED) is 0.0329. The average Bonchev–Trinajstić information content (AvgIpc) is 1.67. The van der Waals surface area contributed by atoms with Crippen molar-refractivity contribution < 1.29 is 42.1 Å². The number of ether oxygens (including phenoxy) is 3. The number of anilines is 5. The topological polar surface area (TPSA) is 359 Å². The molecule has 0 bridgehead atoms. The van der Waals surface area contributed by atoms with Crippen LogP contribution in [0.25, 0.3) is 67.4 Å². The number of nitrogens with zero attached hydrogens (tertiary/aromatic N) is 17. The standard InChI is InChI=1S/C24H23N5O4.C20H21N5O2.C20H21N5O.C17H20N6O2S/c1-5-23(30)28-16-6-7-18-19(11-16)29(14-27-18)22-12-17(25-13-26-22)8-15-9-20(31-2)24(33-4)21(10-15)32-3;1-20(2,3)10-15-11-21-12-18(23-15)25-13-22-16-7-6-14(9-17(16)25)24-19(27)5-4-8-26;1-5-6-19(26)24-14-7-8-16-17(9-14)25(13-22-16)18-12-21-11-15(23-18)10-20(2,3)4;1-4-22(5-2)16-10-17(19-11-18-16)23-12-20-14-8-7-13(9-15(14)23)21-26(24,25)6-3/h5-7,9-14H,1,8H2,2-4H3,(H,28,30);6-7,9,11-13,26H,8,10H2,1-3H3,(H,24,27);7-9,11-13H,10H2,1-4H3,(H,24,26);6-12,21H,3-5H2,1-2H3. The summed E-state index contributed by atoms with van der Waals surface area (Å²) in [6.07, 6.45) is 20.1. The highest BCUT2D eigenvalue weighted by atomic mass is 32.2. The monoisotopic (exact) mass is 1530 g/mol. The Morgan fingerprint density at radius 1 is 0.536 bits per heavy atom. The molecule has 13 aromatic rings. The number of aromatic nitrogens is 16. The molecule has 31 heteroatoms. The number of aliphatic hydroxyl groups is 1. The van der Waals surface area contributed by atoms with E-state index in [-0.39, 0.29) is 29.3 Å². The molecule has 0 aliphatic heterocycles. The fourth-order valence-electron chi connectivity index (χ4n) is 11.5. The summed E-state index contributed by atoms with van der Waals surface area (Å²) in [6, 6.07) is 29.0. The highest BCUT2D eigenvalue weighted by molar-refractivity contribution is 7.95. The molecular formula is C81H85N21O9S. The molecule has 0 atom stereocenters. The second-order valence-corrected chi connectivity index (χ2v) is 28.8. The van der Waals surface area contributed by atoms with Gasteiger partial charge in [-0.25, -0.2) is 58.3 Å². The van der Waals surface area contributed by atoms with E-state index in [4.69, 9.17) is 29.3 Å². The van der Waals surface area contributed by atoms with Crippen molar-refractivity contribution in [2.45, 2.75) is 81.6 Å². The van der Waals surface area contributed by atoms with Crippen LogP contribution in [-0.2, 0) is 43.7 Å². The molecule has 0 aliphatic rings. The maximum absolute atomic E-state index is 11.7. The Hall–Kier alpha value is -13.8. The molecule has 0 aliphatic carbocycles. The number of imidazole rings is 4. The van der Waals surface area contributed by atoms with Gasteiger partial charge in [-0.1, -0.05) is 66.5 Å². The van der Waals surface area contributed by atoms with Gasteiger partial charge >= 0.3 is 0 Å². The van der Waals surface area contributed by atoms with E-state index < -0.39 is 15.9 Å². The smallest absolute Gasteiger partial charge is 0.300 e. The summed E-state index contributed by atoms with van der Waals surface area (Å²) in [5.41, 5.74) is 12.4. The van der Waals surface area contributed by atoms with Crippen LogP contribution < -0.4 is 39.8 Å². The van der Waals surface area contributed by atoms with E-state index in [1.165, 1.54) is 18.7 Å². The largest absolute Gasteiger partial charge is 0.493 e. The molecule has 0 unspecified atom stereocenters. The number of hydrogen-bond donors (Lipinski definition) is 5. The van der Waals surface area contributed by atoms with Crippen LogP contribution in [0.3, 0.4) is 0 Å². The van der Waals surface area contributed by atoms with Gasteiger partial charge in [0.1, 0.15) is 62.0 Å². The van der Waals surface area contributed by atoms with Crippen LogP contribution in [0.15, 0.2) is 184 Å². The van der Waals surface area contributed by atoms with E-state index in [1.54, 1.807) is 125 Å². The average molecular weight is 1530 g/mol. The van der Waals surface area contributed by atoms with Crippen LogP contribution in [0, 0.1) is 34.5 Å². The summed E-state index contributed by atoms with van der Waals surface area (Å²) in [4.78, 5) is 90.4. The number of aliphatic hydroxyl groups excluding tert-OH is 1. The Morgan fingerprint density at radius 3 is 1.40 bits per heavy atom. The van der Waals surface area contributed by atoms with Gasteiger partial charge in [-0.2, -0.15) is 0 Å². The zero-order valence-corrected chi connectivity index (χ0v) is 64.9. The van der Waals surface area contributed by atoms with Gasteiger partial charge in [0.05, 0.1) is 101 Å². The number of rotatable bonds is 21. The van der Waals surface area contributed by atoms with E-state index in [0.717, 1.165) is 104 Å². The van der Waals surface area contributed by atoms with Crippen molar-refractivity contribution in [2.75, 3.05) is 66.6 Å². The molecule has 5 aromatic carbocycles. The van der Waals surface area contributed by atoms with Gasteiger partial charge in [-0.05, 0) is 153 Å². The lowest BCUT2D eigenvalue weighted by atomic mass is 9.91. The summed E-state index contributed by atoms with van der Waals surface area (Å²) in [6.45, 7) is 26.8. The molecule has 8 heterocycles. The number of carbonyl (C=O) groups is 3. The first-order chi connectivity index (χ1) is 53.7. The Balaban J connectivity index is 0.000000159. The van der Waals surface area contributed by atoms with Gasteiger partial charge < -0.3 is 40.2 Å². The summed E-state index contributed by atoms with van der Waals surface area (Å²) in [5.74, 6) is 13.8. The maximum Gasteiger partial charge on any atom is 0.300 e. The minimum atomic E-state index is -3.57. The summed E-state index contributed by atoms with van der Waals surface area (Å²) in [7, 11) is 1.16. The van der Waals surface area contributed by atoms with Gasteiger partial charge in [-0.3, -0.25) is 47.3 Å². The van der Waals surface area contributed by atoms with Crippen LogP contribution in [0.2, 0.25) is 0 Å². The van der Waals surface area contributed by atoms with Gasteiger partial charge in [0.25, 0.3) is 21.8 Å². The number of hydrogen-bond acceptors (Lipinski definition) is 22. The predicted molar refractivity (Wildman–Crippen MR) is 433 cm³/mol. The molecule has 3 amide bonds. The van der Waals surface area contributed by atoms with Crippen LogP contribution >= 0.6 is 0 Å². The first kappa shape index (κ1) is 80.8. The minimum Gasteiger partial charge on any atom is -0.493 e. The van der Waals surface area contributed by atoms with Crippen LogP contribution in [-0.4, -0.2) is 150 Å². The molecule has 574 valence electrons. The fourth-order valence-corrected chi connectivity index (χ4v) is 12.1. The van der Waals surface area contributed by atoms with Crippen molar-refractivity contribution in [2.24, 2.45) is 10.8 Å². The lowest BCUT2D eigenvalue weighted by molar-refractivity contribution is -0.112. The molecule has 0 fully saturated rings. The van der Waals surface area contributed by atoms with Gasteiger partial charge in [0.15, 0.2) is 23.1 Å². The van der Waals surface area contributed by atoms with Crippen LogP contribution in [0.1, 0.15) is 85.0 Å². The summed E-state index contributed by atoms with van der Waals surface area (Å²) < 4.78 is 49.5. The van der Waals surface area contributed by atoms with Gasteiger partial charge in [0.2, 0.25) is 11.7 Å². The number of fused-ring (bicyclic) bond motifs is 4. The zero-order chi connectivity index (χ0) is 80.3.